The first-order chi connectivity index (χ1) is 15.9. The maximum atomic E-state index is 13.3. The number of nitrogens with zero attached hydrogens (tertiary/aromatic N) is 3. The minimum atomic E-state index is -5.35. The molecule has 2 aromatic heterocycles. The molecule has 0 aliphatic carbocycles. The first kappa shape index (κ1) is 26.5. The number of halogens is 9. The second kappa shape index (κ2) is 8.53. The zero-order valence-electron chi connectivity index (χ0n) is 17.6. The Morgan fingerprint density at radius 2 is 1.43 bits per heavy atom. The van der Waals surface area contributed by atoms with Crippen LogP contribution in [0.3, 0.4) is 0 Å². The van der Waals surface area contributed by atoms with Crippen LogP contribution in [-0.2, 0) is 35.4 Å². The second-order valence-electron chi connectivity index (χ2n) is 7.25. The highest BCUT2D eigenvalue weighted by Gasteiger charge is 2.43. The molecule has 3 aromatic rings. The Morgan fingerprint density at radius 1 is 0.829 bits per heavy atom. The van der Waals surface area contributed by atoms with Crippen LogP contribution in [0.4, 0.5) is 39.5 Å². The lowest BCUT2D eigenvalue weighted by Gasteiger charge is -2.17. The maximum absolute atomic E-state index is 13.3. The first-order valence-corrected chi connectivity index (χ1v) is 11.1. The molecule has 5 nitrogen and oxygen atoms in total. The van der Waals surface area contributed by atoms with Gasteiger partial charge in [-0.15, -0.1) is 0 Å². The lowest BCUT2D eigenvalue weighted by Crippen LogP contribution is -2.16. The summed E-state index contributed by atoms with van der Waals surface area (Å²) in [5.41, 5.74) is -6.22. The Hall–Kier alpha value is -3.10. The van der Waals surface area contributed by atoms with Crippen LogP contribution in [-0.4, -0.2) is 28.7 Å². The van der Waals surface area contributed by atoms with Gasteiger partial charge in [-0.1, -0.05) is 13.0 Å². The molecule has 0 atom stereocenters. The molecule has 190 valence electrons. The molecule has 3 rings (SSSR count). The molecule has 2 heterocycles. The Kier molecular flexibility index (Phi) is 6.46. The van der Waals surface area contributed by atoms with Crippen molar-refractivity contribution in [1.82, 2.24) is 14.5 Å². The number of imidazole rings is 1. The van der Waals surface area contributed by atoms with Crippen molar-refractivity contribution >= 4 is 9.84 Å². The van der Waals surface area contributed by atoms with Crippen molar-refractivity contribution in [2.45, 2.75) is 30.3 Å². The van der Waals surface area contributed by atoms with Crippen molar-refractivity contribution in [3.63, 3.8) is 0 Å². The van der Waals surface area contributed by atoms with Crippen molar-refractivity contribution in [2.24, 2.45) is 7.05 Å². The molecule has 35 heavy (non-hydrogen) atoms. The summed E-state index contributed by atoms with van der Waals surface area (Å²) in [4.78, 5) is 6.66. The molecule has 0 N–H and O–H groups in total. The van der Waals surface area contributed by atoms with Crippen LogP contribution >= 0.6 is 0 Å². The second-order valence-corrected chi connectivity index (χ2v) is 9.50. The summed E-state index contributed by atoms with van der Waals surface area (Å²) in [5, 5.41) is 0. The molecule has 0 radical (unpaired) electrons. The van der Waals surface area contributed by atoms with Crippen molar-refractivity contribution < 1.29 is 47.9 Å². The number of aromatic nitrogens is 3. The zero-order valence-corrected chi connectivity index (χ0v) is 18.5. The Balaban J connectivity index is 2.23. The quantitative estimate of drug-likeness (QED) is 0.388. The zero-order chi connectivity index (χ0) is 26.6. The van der Waals surface area contributed by atoms with E-state index >= 15 is 0 Å². The van der Waals surface area contributed by atoms with Crippen LogP contribution in [0.15, 0.2) is 41.6 Å². The molecule has 15 heteroatoms. The molecule has 1 aromatic carbocycles. The van der Waals surface area contributed by atoms with Gasteiger partial charge in [-0.05, 0) is 18.2 Å². The van der Waals surface area contributed by atoms with Gasteiger partial charge < -0.3 is 4.57 Å². The molecule has 0 aliphatic rings. The fourth-order valence-electron chi connectivity index (χ4n) is 3.24. The molecule has 0 fully saturated rings. The van der Waals surface area contributed by atoms with E-state index in [1.54, 1.807) is 0 Å². The number of sulfone groups is 1. The molecule has 0 aliphatic heterocycles. The average molecular weight is 531 g/mol. The third-order valence-corrected chi connectivity index (χ3v) is 6.76. The van der Waals surface area contributed by atoms with Gasteiger partial charge in [0.15, 0.2) is 15.7 Å². The molecule has 0 unspecified atom stereocenters. The van der Waals surface area contributed by atoms with Gasteiger partial charge in [0.05, 0.1) is 39.2 Å². The Labute approximate surface area is 192 Å². The standard InChI is InChI=1S/C20H14F9N3O2S/c1-3-35(33,34)15-7-11(18(21,22)23)8-30-16(15)17-31-9-14(32(17)2)10-4-5-12(19(24,25)26)13(6-10)20(27,28)29/h4-9H,3H2,1-2H3. The number of alkyl halides is 9. The third kappa shape index (κ3) is 5.13. The van der Waals surface area contributed by atoms with E-state index in [2.05, 4.69) is 9.97 Å². The normalized spacial score (nSPS) is 13.3. The summed E-state index contributed by atoms with van der Waals surface area (Å²) in [7, 11) is -3.07. The predicted molar refractivity (Wildman–Crippen MR) is 105 cm³/mol. The van der Waals surface area contributed by atoms with Gasteiger partial charge in [-0.25, -0.2) is 13.4 Å². The molecular weight excluding hydrogens is 517 g/mol. The van der Waals surface area contributed by atoms with E-state index < -0.39 is 61.4 Å². The highest BCUT2D eigenvalue weighted by Crippen LogP contribution is 2.42. The van der Waals surface area contributed by atoms with E-state index in [0.717, 1.165) is 16.8 Å². The monoisotopic (exact) mass is 531 g/mol. The van der Waals surface area contributed by atoms with Crippen molar-refractivity contribution in [3.05, 3.63) is 53.3 Å². The van der Waals surface area contributed by atoms with E-state index in [1.165, 1.54) is 14.0 Å². The van der Waals surface area contributed by atoms with Gasteiger partial charge in [0, 0.05) is 18.8 Å². The van der Waals surface area contributed by atoms with E-state index in [1.807, 2.05) is 0 Å². The molecular formula is C20H14F9N3O2S. The number of benzene rings is 1. The van der Waals surface area contributed by atoms with Gasteiger partial charge in [-0.2, -0.15) is 39.5 Å². The molecule has 0 spiro atoms. The average Bonchev–Trinajstić information content (AvgIpc) is 3.12. The van der Waals surface area contributed by atoms with Crippen LogP contribution in [0.2, 0.25) is 0 Å². The number of hydrogen-bond acceptors (Lipinski definition) is 4. The smallest absolute Gasteiger partial charge is 0.326 e. The van der Waals surface area contributed by atoms with Crippen LogP contribution < -0.4 is 0 Å². The fourth-order valence-corrected chi connectivity index (χ4v) is 4.30. The Morgan fingerprint density at radius 3 is 1.94 bits per heavy atom. The van der Waals surface area contributed by atoms with E-state index in [0.29, 0.717) is 12.3 Å². The van der Waals surface area contributed by atoms with E-state index in [9.17, 15) is 47.9 Å². The van der Waals surface area contributed by atoms with Gasteiger partial charge in [0.2, 0.25) is 0 Å². The fraction of sp³-hybridized carbons (Fsp3) is 0.300. The van der Waals surface area contributed by atoms with Gasteiger partial charge in [0.1, 0.15) is 5.69 Å². The van der Waals surface area contributed by atoms with Crippen LogP contribution in [0, 0.1) is 0 Å². The lowest BCUT2D eigenvalue weighted by molar-refractivity contribution is -0.162. The predicted octanol–water partition coefficient (Wildman–Crippen LogP) is 6.00. The highest BCUT2D eigenvalue weighted by molar-refractivity contribution is 7.91. The summed E-state index contributed by atoms with van der Waals surface area (Å²) >= 11 is 0. The van der Waals surface area contributed by atoms with Crippen LogP contribution in [0.5, 0.6) is 0 Å². The topological polar surface area (TPSA) is 64.8 Å². The minimum Gasteiger partial charge on any atom is -0.326 e. The summed E-state index contributed by atoms with van der Waals surface area (Å²) in [5.74, 6) is -0.914. The number of hydrogen-bond donors (Lipinski definition) is 0. The summed E-state index contributed by atoms with van der Waals surface area (Å²) in [6, 6.07) is 1.64. The Bertz CT molecular complexity index is 1370. The van der Waals surface area contributed by atoms with Crippen molar-refractivity contribution in [2.75, 3.05) is 5.75 Å². The molecule has 0 bridgehead atoms. The van der Waals surface area contributed by atoms with Crippen molar-refractivity contribution in [3.8, 4) is 22.8 Å². The van der Waals surface area contributed by atoms with Crippen molar-refractivity contribution in [1.29, 1.82) is 0 Å². The van der Waals surface area contributed by atoms with Gasteiger partial charge >= 0.3 is 18.5 Å². The molecule has 0 amide bonds. The maximum Gasteiger partial charge on any atom is 0.417 e. The molecule has 0 saturated heterocycles. The van der Waals surface area contributed by atoms with Gasteiger partial charge in [0.25, 0.3) is 0 Å². The SMILES string of the molecule is CCS(=O)(=O)c1cc(C(F)(F)F)cnc1-c1ncc(-c2ccc(C(F)(F)F)c(C(F)(F)F)c2)n1C. The highest BCUT2D eigenvalue weighted by atomic mass is 32.2. The molecule has 0 saturated carbocycles. The summed E-state index contributed by atoms with van der Waals surface area (Å²) in [6.07, 6.45) is -14.2. The minimum absolute atomic E-state index is 0.166. The van der Waals surface area contributed by atoms with E-state index in [-0.39, 0.29) is 29.2 Å². The van der Waals surface area contributed by atoms with Crippen LogP contribution in [0.1, 0.15) is 23.6 Å². The number of rotatable bonds is 4. The third-order valence-electron chi connectivity index (χ3n) is 5.02. The largest absolute Gasteiger partial charge is 0.417 e. The van der Waals surface area contributed by atoms with E-state index in [4.69, 9.17) is 0 Å². The van der Waals surface area contributed by atoms with Crippen LogP contribution in [0.25, 0.3) is 22.8 Å². The summed E-state index contributed by atoms with van der Waals surface area (Å²) < 4.78 is 144. The lowest BCUT2D eigenvalue weighted by atomic mass is 10.0. The first-order valence-electron chi connectivity index (χ1n) is 9.48. The summed E-state index contributed by atoms with van der Waals surface area (Å²) in [6.45, 7) is 1.18. The van der Waals surface area contributed by atoms with Gasteiger partial charge in [-0.3, -0.25) is 4.98 Å². The number of pyridine rings is 1.